The van der Waals surface area contributed by atoms with Crippen molar-refractivity contribution in [2.75, 3.05) is 13.1 Å². The molecule has 1 aliphatic heterocycles. The third-order valence-electron chi connectivity index (χ3n) is 2.90. The fourth-order valence-electron chi connectivity index (χ4n) is 2.02. The molecule has 90 valence electrons. The molecule has 0 bridgehead atoms. The number of nitro benzene ring substituents is 1. The Morgan fingerprint density at radius 2 is 2.24 bits per heavy atom. The zero-order valence-corrected chi connectivity index (χ0v) is 9.50. The van der Waals surface area contributed by atoms with Crippen molar-refractivity contribution in [2.45, 2.75) is 13.3 Å². The third-order valence-corrected chi connectivity index (χ3v) is 2.90. The van der Waals surface area contributed by atoms with Crippen LogP contribution in [0.4, 0.5) is 10.1 Å². The summed E-state index contributed by atoms with van der Waals surface area (Å²) in [6.07, 6.45) is 2.81. The number of hydrogen-bond donors (Lipinski definition) is 1. The minimum atomic E-state index is -0.768. The lowest BCUT2D eigenvalue weighted by molar-refractivity contribution is -0.387. The highest BCUT2D eigenvalue weighted by molar-refractivity contribution is 5.70. The fraction of sp³-hybridized carbons (Fsp3) is 0.333. The summed E-state index contributed by atoms with van der Waals surface area (Å²) < 4.78 is 13.6. The van der Waals surface area contributed by atoms with E-state index in [0.717, 1.165) is 36.2 Å². The van der Waals surface area contributed by atoms with Crippen molar-refractivity contribution < 1.29 is 9.31 Å². The second-order valence-electron chi connectivity index (χ2n) is 4.06. The van der Waals surface area contributed by atoms with Gasteiger partial charge in [-0.05, 0) is 42.7 Å². The molecule has 1 aliphatic rings. The predicted molar refractivity (Wildman–Crippen MR) is 63.3 cm³/mol. The first-order valence-corrected chi connectivity index (χ1v) is 5.44. The van der Waals surface area contributed by atoms with Gasteiger partial charge in [-0.1, -0.05) is 6.08 Å². The maximum atomic E-state index is 13.6. The highest BCUT2D eigenvalue weighted by Crippen LogP contribution is 2.28. The van der Waals surface area contributed by atoms with E-state index in [4.69, 9.17) is 0 Å². The Morgan fingerprint density at radius 3 is 2.82 bits per heavy atom. The van der Waals surface area contributed by atoms with Crippen LogP contribution in [0, 0.1) is 22.9 Å². The molecule has 17 heavy (non-hydrogen) atoms. The van der Waals surface area contributed by atoms with E-state index < -0.39 is 16.4 Å². The zero-order valence-electron chi connectivity index (χ0n) is 9.50. The van der Waals surface area contributed by atoms with Gasteiger partial charge in [0.15, 0.2) is 0 Å². The van der Waals surface area contributed by atoms with Crippen molar-refractivity contribution in [3.8, 4) is 0 Å². The van der Waals surface area contributed by atoms with E-state index in [1.54, 1.807) is 6.92 Å². The molecule has 1 N–H and O–H groups in total. The quantitative estimate of drug-likeness (QED) is 0.633. The van der Waals surface area contributed by atoms with Crippen molar-refractivity contribution in [1.29, 1.82) is 0 Å². The number of nitrogens with zero attached hydrogens (tertiary/aromatic N) is 1. The van der Waals surface area contributed by atoms with Crippen LogP contribution >= 0.6 is 0 Å². The number of nitro groups is 1. The van der Waals surface area contributed by atoms with Crippen LogP contribution in [0.1, 0.15) is 17.5 Å². The molecule has 1 heterocycles. The van der Waals surface area contributed by atoms with Gasteiger partial charge in [-0.15, -0.1) is 0 Å². The average molecular weight is 236 g/mol. The smallest absolute Gasteiger partial charge is 0.305 e. The summed E-state index contributed by atoms with van der Waals surface area (Å²) in [7, 11) is 0. The van der Waals surface area contributed by atoms with Crippen LogP contribution in [-0.2, 0) is 0 Å². The summed E-state index contributed by atoms with van der Waals surface area (Å²) in [4.78, 5) is 9.91. The Labute approximate surface area is 98.3 Å². The maximum Gasteiger partial charge on any atom is 0.305 e. The lowest BCUT2D eigenvalue weighted by Gasteiger charge is -2.16. The topological polar surface area (TPSA) is 55.2 Å². The number of nitrogens with one attached hydrogen (secondary N) is 1. The number of rotatable bonds is 2. The van der Waals surface area contributed by atoms with E-state index in [-0.39, 0.29) is 0 Å². The predicted octanol–water partition coefficient (Wildman–Crippen LogP) is 2.42. The molecule has 0 aromatic heterocycles. The van der Waals surface area contributed by atoms with E-state index in [0.29, 0.717) is 0 Å². The minimum absolute atomic E-state index is 0.458. The van der Waals surface area contributed by atoms with Gasteiger partial charge in [-0.2, -0.15) is 4.39 Å². The summed E-state index contributed by atoms with van der Waals surface area (Å²) in [5, 5.41) is 13.8. The molecule has 0 fully saturated rings. The van der Waals surface area contributed by atoms with Gasteiger partial charge in [-0.3, -0.25) is 10.1 Å². The van der Waals surface area contributed by atoms with Crippen LogP contribution in [0.2, 0.25) is 0 Å². The highest BCUT2D eigenvalue weighted by atomic mass is 19.1. The van der Waals surface area contributed by atoms with E-state index >= 15 is 0 Å². The molecule has 1 aromatic rings. The molecule has 5 heteroatoms. The first-order chi connectivity index (χ1) is 8.09. The van der Waals surface area contributed by atoms with E-state index in [1.165, 1.54) is 12.1 Å². The van der Waals surface area contributed by atoms with Gasteiger partial charge in [0.2, 0.25) is 5.82 Å². The Morgan fingerprint density at radius 1 is 1.47 bits per heavy atom. The van der Waals surface area contributed by atoms with E-state index in [1.807, 2.05) is 6.08 Å². The summed E-state index contributed by atoms with van der Waals surface area (Å²) in [5.41, 5.74) is 2.11. The maximum absolute atomic E-state index is 13.6. The Balaban J connectivity index is 2.46. The van der Waals surface area contributed by atoms with Crippen LogP contribution in [0.25, 0.3) is 5.57 Å². The summed E-state index contributed by atoms with van der Waals surface area (Å²) in [6.45, 7) is 3.38. The van der Waals surface area contributed by atoms with Gasteiger partial charge < -0.3 is 5.32 Å². The average Bonchev–Trinajstić information content (AvgIpc) is 2.32. The second-order valence-corrected chi connectivity index (χ2v) is 4.06. The van der Waals surface area contributed by atoms with Crippen molar-refractivity contribution >= 4 is 11.3 Å². The first kappa shape index (κ1) is 11.7. The van der Waals surface area contributed by atoms with Crippen LogP contribution in [0.3, 0.4) is 0 Å². The van der Waals surface area contributed by atoms with Gasteiger partial charge in [0.25, 0.3) is 0 Å². The molecule has 0 amide bonds. The van der Waals surface area contributed by atoms with Gasteiger partial charge in [0.1, 0.15) is 0 Å². The Bertz CT molecular complexity index is 498. The van der Waals surface area contributed by atoms with Crippen LogP contribution < -0.4 is 5.32 Å². The Kier molecular flexibility index (Phi) is 3.19. The fourth-order valence-corrected chi connectivity index (χ4v) is 2.02. The SMILES string of the molecule is Cc1cc([N+](=O)[O-])c(F)cc1C1=CCNCC1. The number of benzene rings is 1. The first-order valence-electron chi connectivity index (χ1n) is 5.44. The molecular weight excluding hydrogens is 223 g/mol. The third kappa shape index (κ3) is 2.34. The zero-order chi connectivity index (χ0) is 12.4. The van der Waals surface area contributed by atoms with Crippen molar-refractivity contribution in [3.63, 3.8) is 0 Å². The van der Waals surface area contributed by atoms with Crippen molar-refractivity contribution in [1.82, 2.24) is 5.32 Å². The molecule has 0 atom stereocenters. The highest BCUT2D eigenvalue weighted by Gasteiger charge is 2.18. The molecule has 0 radical (unpaired) electrons. The monoisotopic (exact) mass is 236 g/mol. The number of aryl methyl sites for hydroxylation is 1. The molecule has 4 nitrogen and oxygen atoms in total. The van der Waals surface area contributed by atoms with E-state index in [9.17, 15) is 14.5 Å². The molecule has 2 rings (SSSR count). The van der Waals surface area contributed by atoms with Gasteiger partial charge in [-0.25, -0.2) is 0 Å². The lowest BCUT2D eigenvalue weighted by Crippen LogP contribution is -2.20. The van der Waals surface area contributed by atoms with Crippen molar-refractivity contribution in [3.05, 3.63) is 45.3 Å². The summed E-state index contributed by atoms with van der Waals surface area (Å²) in [6, 6.07) is 2.57. The molecule has 0 saturated carbocycles. The molecule has 0 spiro atoms. The van der Waals surface area contributed by atoms with Crippen molar-refractivity contribution in [2.24, 2.45) is 0 Å². The number of halogens is 1. The largest absolute Gasteiger partial charge is 0.313 e. The van der Waals surface area contributed by atoms with Gasteiger partial charge in [0.05, 0.1) is 4.92 Å². The van der Waals surface area contributed by atoms with Crippen LogP contribution in [-0.4, -0.2) is 18.0 Å². The molecule has 0 saturated heterocycles. The van der Waals surface area contributed by atoms with Crippen LogP contribution in [0.5, 0.6) is 0 Å². The Hall–Kier alpha value is -1.75. The van der Waals surface area contributed by atoms with Crippen LogP contribution in [0.15, 0.2) is 18.2 Å². The van der Waals surface area contributed by atoms with E-state index in [2.05, 4.69) is 5.32 Å². The van der Waals surface area contributed by atoms with Gasteiger partial charge in [0, 0.05) is 12.6 Å². The van der Waals surface area contributed by atoms with Gasteiger partial charge >= 0.3 is 5.69 Å². The molecule has 1 aromatic carbocycles. The molecule has 0 unspecified atom stereocenters. The summed E-state index contributed by atoms with van der Waals surface area (Å²) >= 11 is 0. The lowest BCUT2D eigenvalue weighted by atomic mass is 9.95. The molecular formula is C12H13FN2O2. The summed E-state index contributed by atoms with van der Waals surface area (Å²) in [5.74, 6) is -0.768. The molecule has 0 aliphatic carbocycles. The normalized spacial score (nSPS) is 15.5. The standard InChI is InChI=1S/C12H13FN2O2/c1-8-6-12(15(16)17)11(13)7-10(8)9-2-4-14-5-3-9/h2,6-7,14H,3-5H2,1H3. The second kappa shape index (κ2) is 4.63. The minimum Gasteiger partial charge on any atom is -0.313 e. The number of hydrogen-bond acceptors (Lipinski definition) is 3.